The molecule has 43 heavy (non-hydrogen) atoms. The number of para-hydroxylation sites is 1. The Hall–Kier alpha value is -5.87. The zero-order valence-corrected chi connectivity index (χ0v) is 23.0. The van der Waals surface area contributed by atoms with Gasteiger partial charge in [-0.05, 0) is 39.1 Å². The molecular weight excluding hydrogens is 526 g/mol. The Morgan fingerprint density at radius 1 is 0.372 bits per heavy atom. The topological polar surface area (TPSA) is 51.8 Å². The van der Waals surface area contributed by atoms with Crippen LogP contribution < -0.4 is 0 Å². The van der Waals surface area contributed by atoms with Crippen molar-refractivity contribution in [3.8, 4) is 34.2 Å². The molecule has 200 valence electrons. The van der Waals surface area contributed by atoms with Crippen molar-refractivity contribution >= 4 is 54.3 Å². The highest BCUT2D eigenvalue weighted by Gasteiger charge is 2.18. The number of fused-ring (bicyclic) bond motifs is 10. The summed E-state index contributed by atoms with van der Waals surface area (Å²) in [7, 11) is 0. The lowest BCUT2D eigenvalue weighted by molar-refractivity contribution is 0.673. The Labute approximate surface area is 246 Å². The zero-order valence-electron chi connectivity index (χ0n) is 23.0. The average molecular weight is 550 g/mol. The first-order valence-electron chi connectivity index (χ1n) is 14.4. The Balaban J connectivity index is 1.31. The molecule has 4 heteroatoms. The summed E-state index contributed by atoms with van der Waals surface area (Å²) in [6.07, 6.45) is 0. The fourth-order valence-corrected chi connectivity index (χ4v) is 6.31. The molecule has 0 fully saturated rings. The molecule has 2 aromatic heterocycles. The Morgan fingerprint density at radius 3 is 1.63 bits per heavy atom. The fourth-order valence-electron chi connectivity index (χ4n) is 6.31. The van der Waals surface area contributed by atoms with Gasteiger partial charge in [0.25, 0.3) is 0 Å². The van der Waals surface area contributed by atoms with E-state index in [4.69, 9.17) is 19.4 Å². The van der Waals surface area contributed by atoms with Crippen molar-refractivity contribution in [3.05, 3.63) is 140 Å². The summed E-state index contributed by atoms with van der Waals surface area (Å²) >= 11 is 0. The Bertz CT molecular complexity index is 2440. The highest BCUT2D eigenvalue weighted by molar-refractivity contribution is 6.34. The molecule has 7 aromatic carbocycles. The molecule has 0 amide bonds. The van der Waals surface area contributed by atoms with Crippen LogP contribution >= 0.6 is 0 Å². The molecule has 0 aliphatic rings. The van der Waals surface area contributed by atoms with Crippen LogP contribution in [-0.4, -0.2) is 15.0 Å². The van der Waals surface area contributed by atoms with E-state index >= 15 is 0 Å². The molecule has 9 rings (SSSR count). The van der Waals surface area contributed by atoms with Crippen molar-refractivity contribution in [3.63, 3.8) is 0 Å². The lowest BCUT2D eigenvalue weighted by Gasteiger charge is -2.12. The van der Waals surface area contributed by atoms with Gasteiger partial charge < -0.3 is 4.42 Å². The van der Waals surface area contributed by atoms with Crippen LogP contribution in [0.5, 0.6) is 0 Å². The van der Waals surface area contributed by atoms with Crippen LogP contribution in [0.25, 0.3) is 88.4 Å². The number of hydrogen-bond donors (Lipinski definition) is 0. The third-order valence-electron chi connectivity index (χ3n) is 8.28. The molecule has 0 aliphatic heterocycles. The third kappa shape index (κ3) is 3.74. The SMILES string of the molecule is c1ccc(-c2nc(-c3ccccc3)nc(-c3ccc4c(ccc5c4c4ccccc4c4oc6ccccc6c54)c3)n2)cc1. The summed E-state index contributed by atoms with van der Waals surface area (Å²) in [5, 5.41) is 9.33. The van der Waals surface area contributed by atoms with Gasteiger partial charge in [-0.15, -0.1) is 0 Å². The molecule has 9 aromatic rings. The van der Waals surface area contributed by atoms with Crippen molar-refractivity contribution in [1.82, 2.24) is 15.0 Å². The molecule has 0 bridgehead atoms. The van der Waals surface area contributed by atoms with Gasteiger partial charge in [-0.2, -0.15) is 0 Å². The van der Waals surface area contributed by atoms with E-state index in [2.05, 4.69) is 66.7 Å². The van der Waals surface area contributed by atoms with E-state index in [0.717, 1.165) is 49.4 Å². The highest BCUT2D eigenvalue weighted by atomic mass is 16.3. The molecule has 4 nitrogen and oxygen atoms in total. The molecule has 0 spiro atoms. The van der Waals surface area contributed by atoms with Crippen LogP contribution in [0.1, 0.15) is 0 Å². The van der Waals surface area contributed by atoms with Gasteiger partial charge in [-0.1, -0.05) is 127 Å². The van der Waals surface area contributed by atoms with Crippen molar-refractivity contribution in [2.75, 3.05) is 0 Å². The van der Waals surface area contributed by atoms with Crippen molar-refractivity contribution in [2.24, 2.45) is 0 Å². The monoisotopic (exact) mass is 549 g/mol. The summed E-state index contributed by atoms with van der Waals surface area (Å²) in [6.45, 7) is 0. The summed E-state index contributed by atoms with van der Waals surface area (Å²) < 4.78 is 6.44. The number of rotatable bonds is 3. The van der Waals surface area contributed by atoms with Crippen LogP contribution in [-0.2, 0) is 0 Å². The maximum atomic E-state index is 6.44. The van der Waals surface area contributed by atoms with Gasteiger partial charge in [-0.3, -0.25) is 0 Å². The zero-order chi connectivity index (χ0) is 28.3. The van der Waals surface area contributed by atoms with Crippen LogP contribution in [0.3, 0.4) is 0 Å². The minimum absolute atomic E-state index is 0.649. The van der Waals surface area contributed by atoms with E-state index < -0.39 is 0 Å². The van der Waals surface area contributed by atoms with E-state index in [0.29, 0.717) is 17.5 Å². The van der Waals surface area contributed by atoms with Gasteiger partial charge in [0.05, 0.1) is 0 Å². The molecular formula is C39H23N3O. The predicted molar refractivity (Wildman–Crippen MR) is 176 cm³/mol. The standard InChI is InChI=1S/C39H23N3O/c1-3-11-24(12-4-1)37-40-38(25-13-5-2-6-14-25)42-39(41-37)27-20-21-28-26(23-27)19-22-32-34(28)29-15-7-8-16-30(29)36-35(32)31-17-9-10-18-33(31)43-36/h1-23H. The Kier molecular flexibility index (Phi) is 5.16. The van der Waals surface area contributed by atoms with E-state index in [1.807, 2.05) is 72.8 Å². The van der Waals surface area contributed by atoms with Crippen molar-refractivity contribution < 1.29 is 4.42 Å². The third-order valence-corrected chi connectivity index (χ3v) is 8.28. The lowest BCUT2D eigenvalue weighted by Crippen LogP contribution is -2.00. The Morgan fingerprint density at radius 2 is 0.930 bits per heavy atom. The van der Waals surface area contributed by atoms with E-state index in [1.54, 1.807) is 0 Å². The van der Waals surface area contributed by atoms with E-state index in [-0.39, 0.29) is 0 Å². The maximum absolute atomic E-state index is 6.44. The number of benzene rings is 7. The number of nitrogens with zero attached hydrogens (tertiary/aromatic N) is 3. The second-order valence-corrected chi connectivity index (χ2v) is 10.8. The number of hydrogen-bond acceptors (Lipinski definition) is 4. The van der Waals surface area contributed by atoms with Crippen LogP contribution in [0, 0.1) is 0 Å². The summed E-state index contributed by atoms with van der Waals surface area (Å²) in [4.78, 5) is 14.8. The van der Waals surface area contributed by atoms with Crippen LogP contribution in [0.2, 0.25) is 0 Å². The lowest BCUT2D eigenvalue weighted by atomic mass is 9.92. The molecule has 0 saturated carbocycles. The summed E-state index contributed by atoms with van der Waals surface area (Å²) in [5.74, 6) is 1.96. The minimum Gasteiger partial charge on any atom is -0.455 e. The molecule has 0 unspecified atom stereocenters. The van der Waals surface area contributed by atoms with E-state index in [1.165, 1.54) is 21.5 Å². The maximum Gasteiger partial charge on any atom is 0.164 e. The first-order chi connectivity index (χ1) is 21.3. The molecule has 0 saturated heterocycles. The average Bonchev–Trinajstić information content (AvgIpc) is 3.48. The summed E-state index contributed by atoms with van der Waals surface area (Å²) in [5.41, 5.74) is 4.70. The van der Waals surface area contributed by atoms with Crippen LogP contribution in [0.15, 0.2) is 144 Å². The molecule has 0 atom stereocenters. The second-order valence-electron chi connectivity index (χ2n) is 10.8. The highest BCUT2D eigenvalue weighted by Crippen LogP contribution is 2.43. The molecule has 0 aliphatic carbocycles. The van der Waals surface area contributed by atoms with Gasteiger partial charge in [0, 0.05) is 32.8 Å². The second kappa shape index (κ2) is 9.33. The molecule has 0 N–H and O–H groups in total. The quantitative estimate of drug-likeness (QED) is 0.206. The van der Waals surface area contributed by atoms with Gasteiger partial charge in [-0.25, -0.2) is 15.0 Å². The normalized spacial score (nSPS) is 11.7. The summed E-state index contributed by atoms with van der Waals surface area (Å²) in [6, 6.07) is 48.0. The van der Waals surface area contributed by atoms with Gasteiger partial charge in [0.2, 0.25) is 0 Å². The first kappa shape index (κ1) is 23.8. The van der Waals surface area contributed by atoms with Crippen molar-refractivity contribution in [2.45, 2.75) is 0 Å². The van der Waals surface area contributed by atoms with E-state index in [9.17, 15) is 0 Å². The fraction of sp³-hybridized carbons (Fsp3) is 0. The largest absolute Gasteiger partial charge is 0.455 e. The molecule has 2 heterocycles. The van der Waals surface area contributed by atoms with Gasteiger partial charge in [0.15, 0.2) is 17.5 Å². The van der Waals surface area contributed by atoms with Crippen LogP contribution in [0.4, 0.5) is 0 Å². The van der Waals surface area contributed by atoms with Gasteiger partial charge >= 0.3 is 0 Å². The number of furan rings is 1. The first-order valence-corrected chi connectivity index (χ1v) is 14.4. The van der Waals surface area contributed by atoms with Gasteiger partial charge in [0.1, 0.15) is 11.2 Å². The molecule has 0 radical (unpaired) electrons. The number of aromatic nitrogens is 3. The predicted octanol–water partition coefficient (Wildman–Crippen LogP) is 10.2. The minimum atomic E-state index is 0.649. The van der Waals surface area contributed by atoms with Crippen molar-refractivity contribution in [1.29, 1.82) is 0 Å². The smallest absolute Gasteiger partial charge is 0.164 e.